The van der Waals surface area contributed by atoms with Crippen molar-refractivity contribution in [2.75, 3.05) is 6.61 Å². The molecule has 0 amide bonds. The first kappa shape index (κ1) is 9.80. The molecule has 0 aromatic heterocycles. The monoisotopic (exact) mass is 170 g/mol. The maximum Gasteiger partial charge on any atom is 0.422 e. The van der Waals surface area contributed by atoms with E-state index in [-0.39, 0.29) is 0 Å². The van der Waals surface area contributed by atoms with E-state index in [1.54, 1.807) is 0 Å². The number of esters is 1. The van der Waals surface area contributed by atoms with E-state index in [1.165, 1.54) is 0 Å². The zero-order chi connectivity index (χ0) is 9.07. The van der Waals surface area contributed by atoms with Gasteiger partial charge >= 0.3 is 12.1 Å². The van der Waals surface area contributed by atoms with Crippen LogP contribution < -0.4 is 0 Å². The van der Waals surface area contributed by atoms with E-state index in [2.05, 4.69) is 11.3 Å². The Labute approximate surface area is 60.1 Å². The van der Waals surface area contributed by atoms with Crippen molar-refractivity contribution in [2.45, 2.75) is 6.18 Å². The first-order chi connectivity index (χ1) is 4.83. The van der Waals surface area contributed by atoms with Gasteiger partial charge in [-0.25, -0.2) is 4.79 Å². The standard InChI is InChI=1S/C5H5F3O3/c1-3(9)4(10)11-2-5(6,7)8/h9H,1-2H2. The fourth-order valence-electron chi connectivity index (χ4n) is 0.231. The van der Waals surface area contributed by atoms with Gasteiger partial charge in [-0.05, 0) is 6.58 Å². The van der Waals surface area contributed by atoms with E-state index < -0.39 is 24.5 Å². The van der Waals surface area contributed by atoms with Crippen LogP contribution in [0.4, 0.5) is 13.2 Å². The van der Waals surface area contributed by atoms with Crippen LogP contribution in [0.1, 0.15) is 0 Å². The normalized spacial score (nSPS) is 10.8. The molecular weight excluding hydrogens is 165 g/mol. The molecule has 0 aromatic rings. The van der Waals surface area contributed by atoms with E-state index in [4.69, 9.17) is 5.11 Å². The third kappa shape index (κ3) is 5.25. The van der Waals surface area contributed by atoms with Crippen LogP contribution in [0.2, 0.25) is 0 Å². The fourth-order valence-corrected chi connectivity index (χ4v) is 0.231. The maximum absolute atomic E-state index is 11.3. The summed E-state index contributed by atoms with van der Waals surface area (Å²) in [4.78, 5) is 10.1. The first-order valence-corrected chi connectivity index (χ1v) is 2.44. The molecule has 11 heavy (non-hydrogen) atoms. The minimum Gasteiger partial charge on any atom is -0.502 e. The van der Waals surface area contributed by atoms with Crippen LogP contribution >= 0.6 is 0 Å². The van der Waals surface area contributed by atoms with E-state index in [0.717, 1.165) is 0 Å². The highest BCUT2D eigenvalue weighted by molar-refractivity contribution is 5.84. The van der Waals surface area contributed by atoms with Crippen molar-refractivity contribution in [2.24, 2.45) is 0 Å². The summed E-state index contributed by atoms with van der Waals surface area (Å²) in [5, 5.41) is 8.18. The molecule has 1 N–H and O–H groups in total. The number of hydrogen-bond acceptors (Lipinski definition) is 3. The van der Waals surface area contributed by atoms with Crippen molar-refractivity contribution in [1.82, 2.24) is 0 Å². The Balaban J connectivity index is 3.73. The minimum atomic E-state index is -4.58. The zero-order valence-corrected chi connectivity index (χ0v) is 5.31. The highest BCUT2D eigenvalue weighted by atomic mass is 19.4. The highest BCUT2D eigenvalue weighted by Gasteiger charge is 2.29. The molecular formula is C5H5F3O3. The molecule has 0 aliphatic rings. The largest absolute Gasteiger partial charge is 0.502 e. The summed E-state index contributed by atoms with van der Waals surface area (Å²) in [6.07, 6.45) is -4.58. The number of carbonyl (C=O) groups is 1. The van der Waals surface area contributed by atoms with Gasteiger partial charge in [0.2, 0.25) is 0 Å². The molecule has 0 aromatic carbocycles. The lowest BCUT2D eigenvalue weighted by atomic mass is 10.6. The molecule has 0 heterocycles. The molecule has 0 saturated heterocycles. The van der Waals surface area contributed by atoms with Crippen molar-refractivity contribution in [3.63, 3.8) is 0 Å². The van der Waals surface area contributed by atoms with Crippen LogP contribution in [0.5, 0.6) is 0 Å². The van der Waals surface area contributed by atoms with Gasteiger partial charge in [0.25, 0.3) is 0 Å². The molecule has 0 atom stereocenters. The van der Waals surface area contributed by atoms with E-state index in [0.29, 0.717) is 0 Å². The number of aliphatic hydroxyl groups excluding tert-OH is 1. The number of rotatable bonds is 2. The van der Waals surface area contributed by atoms with Crippen molar-refractivity contribution in [3.8, 4) is 0 Å². The summed E-state index contributed by atoms with van der Waals surface area (Å²) in [7, 11) is 0. The summed E-state index contributed by atoms with van der Waals surface area (Å²) in [6.45, 7) is 0.953. The van der Waals surface area contributed by atoms with E-state index >= 15 is 0 Å². The lowest BCUT2D eigenvalue weighted by Gasteiger charge is -2.05. The second-order valence-electron chi connectivity index (χ2n) is 1.64. The number of hydrogen-bond donors (Lipinski definition) is 1. The Morgan fingerprint density at radius 3 is 2.27 bits per heavy atom. The number of alkyl halides is 3. The van der Waals surface area contributed by atoms with Crippen LogP contribution in [0.25, 0.3) is 0 Å². The molecule has 0 fully saturated rings. The molecule has 0 saturated carbocycles. The Morgan fingerprint density at radius 1 is 1.55 bits per heavy atom. The van der Waals surface area contributed by atoms with Crippen molar-refractivity contribution < 1.29 is 27.8 Å². The molecule has 0 rings (SSSR count). The zero-order valence-electron chi connectivity index (χ0n) is 5.31. The second kappa shape index (κ2) is 3.27. The molecule has 0 aliphatic heterocycles. The molecule has 0 aliphatic carbocycles. The summed E-state index contributed by atoms with van der Waals surface area (Å²) >= 11 is 0. The molecule has 6 heteroatoms. The van der Waals surface area contributed by atoms with Gasteiger partial charge in [0.05, 0.1) is 0 Å². The second-order valence-corrected chi connectivity index (χ2v) is 1.64. The average Bonchev–Trinajstić information content (AvgIpc) is 1.80. The summed E-state index contributed by atoms with van der Waals surface area (Å²) < 4.78 is 37.4. The number of carbonyl (C=O) groups excluding carboxylic acids is 1. The molecule has 3 nitrogen and oxygen atoms in total. The smallest absolute Gasteiger partial charge is 0.422 e. The molecule has 64 valence electrons. The predicted molar refractivity (Wildman–Crippen MR) is 28.8 cm³/mol. The Bertz CT molecular complexity index is 172. The Kier molecular flexibility index (Phi) is 2.91. The van der Waals surface area contributed by atoms with Gasteiger partial charge in [0.15, 0.2) is 12.4 Å². The minimum absolute atomic E-state index is 1.05. The maximum atomic E-state index is 11.3. The lowest BCUT2D eigenvalue weighted by Crippen LogP contribution is -2.20. The summed E-state index contributed by atoms with van der Waals surface area (Å²) in [5.41, 5.74) is 0. The molecule has 0 spiro atoms. The molecule has 0 radical (unpaired) electrons. The van der Waals surface area contributed by atoms with Crippen LogP contribution in [0, 0.1) is 0 Å². The van der Waals surface area contributed by atoms with Crippen LogP contribution in [0.3, 0.4) is 0 Å². The SMILES string of the molecule is C=C(O)C(=O)OCC(F)(F)F. The fraction of sp³-hybridized carbons (Fsp3) is 0.400. The first-order valence-electron chi connectivity index (χ1n) is 2.44. The number of aliphatic hydroxyl groups is 1. The topological polar surface area (TPSA) is 46.5 Å². The lowest BCUT2D eigenvalue weighted by molar-refractivity contribution is -0.185. The Morgan fingerprint density at radius 2 is 2.00 bits per heavy atom. The van der Waals surface area contributed by atoms with Gasteiger partial charge in [-0.1, -0.05) is 0 Å². The van der Waals surface area contributed by atoms with Gasteiger partial charge in [0.1, 0.15) is 0 Å². The van der Waals surface area contributed by atoms with Crippen LogP contribution in [-0.4, -0.2) is 23.9 Å². The molecule has 0 unspecified atom stereocenters. The van der Waals surface area contributed by atoms with Gasteiger partial charge in [-0.15, -0.1) is 0 Å². The third-order valence-electron chi connectivity index (χ3n) is 0.603. The predicted octanol–water partition coefficient (Wildman–Crippen LogP) is 1.16. The van der Waals surface area contributed by atoms with Crippen molar-refractivity contribution in [3.05, 3.63) is 12.3 Å². The van der Waals surface area contributed by atoms with Crippen LogP contribution in [-0.2, 0) is 9.53 Å². The van der Waals surface area contributed by atoms with Crippen molar-refractivity contribution >= 4 is 5.97 Å². The highest BCUT2D eigenvalue weighted by Crippen LogP contribution is 2.14. The van der Waals surface area contributed by atoms with Crippen molar-refractivity contribution in [1.29, 1.82) is 0 Å². The Hall–Kier alpha value is -1.20. The van der Waals surface area contributed by atoms with E-state index in [9.17, 15) is 18.0 Å². The van der Waals surface area contributed by atoms with E-state index in [1.807, 2.05) is 0 Å². The quantitative estimate of drug-likeness (QED) is 0.384. The van der Waals surface area contributed by atoms with Gasteiger partial charge in [0, 0.05) is 0 Å². The van der Waals surface area contributed by atoms with Gasteiger partial charge in [-0.3, -0.25) is 0 Å². The number of ether oxygens (including phenoxy) is 1. The summed E-state index contributed by atoms with van der Waals surface area (Å²) in [6, 6.07) is 0. The number of halogens is 3. The average molecular weight is 170 g/mol. The van der Waals surface area contributed by atoms with Gasteiger partial charge in [-0.2, -0.15) is 13.2 Å². The summed E-state index contributed by atoms with van der Waals surface area (Å²) in [5.74, 6) is -2.52. The third-order valence-corrected chi connectivity index (χ3v) is 0.603. The molecule has 0 bridgehead atoms. The van der Waals surface area contributed by atoms with Gasteiger partial charge < -0.3 is 9.84 Å². The van der Waals surface area contributed by atoms with Crippen LogP contribution in [0.15, 0.2) is 12.3 Å².